The summed E-state index contributed by atoms with van der Waals surface area (Å²) in [4.78, 5) is 5.11. The number of hydrogen-bond acceptors (Lipinski definition) is 4. The van der Waals surface area contributed by atoms with Gasteiger partial charge in [0.05, 0.1) is 7.11 Å². The average Bonchev–Trinajstić information content (AvgIpc) is 2.80. The number of phenolic OH excluding ortho intramolecular Hbond substituents is 1. The van der Waals surface area contributed by atoms with E-state index < -0.39 is 0 Å². The molecular formula is C16H24N2O2. The third-order valence-electron chi connectivity index (χ3n) is 4.58. The minimum absolute atomic E-state index is 0.294. The molecule has 2 aliphatic rings. The van der Waals surface area contributed by atoms with Crippen molar-refractivity contribution in [3.05, 3.63) is 23.8 Å². The second-order valence-electron chi connectivity index (χ2n) is 5.89. The molecule has 0 spiro atoms. The molecule has 3 rings (SSSR count). The Hall–Kier alpha value is -1.26. The Morgan fingerprint density at radius 2 is 2.10 bits per heavy atom. The largest absolute Gasteiger partial charge is 0.504 e. The number of aromatic hydroxyl groups is 1. The maximum absolute atomic E-state index is 10.2. The standard InChI is InChI=1S/C16H24N2O2/c1-20-15-7-2-5-13(16(15)19)11-17-8-4-10-18-9-3-6-14(18)12-17/h2,5,7,14,19H,3-4,6,8-12H2,1H3. The third kappa shape index (κ3) is 2.76. The number of para-hydroxylation sites is 1. The molecule has 20 heavy (non-hydrogen) atoms. The van der Waals surface area contributed by atoms with E-state index in [1.54, 1.807) is 13.2 Å². The van der Waals surface area contributed by atoms with Gasteiger partial charge < -0.3 is 9.84 Å². The van der Waals surface area contributed by atoms with Gasteiger partial charge in [-0.05, 0) is 45.0 Å². The lowest BCUT2D eigenvalue weighted by Crippen LogP contribution is -2.36. The number of benzene rings is 1. The van der Waals surface area contributed by atoms with Crippen LogP contribution in [-0.2, 0) is 6.54 Å². The highest BCUT2D eigenvalue weighted by atomic mass is 16.5. The van der Waals surface area contributed by atoms with Crippen molar-refractivity contribution in [2.24, 2.45) is 0 Å². The zero-order valence-electron chi connectivity index (χ0n) is 12.2. The average molecular weight is 276 g/mol. The van der Waals surface area contributed by atoms with Crippen LogP contribution in [-0.4, -0.2) is 54.2 Å². The van der Waals surface area contributed by atoms with E-state index in [-0.39, 0.29) is 0 Å². The molecule has 1 aromatic carbocycles. The van der Waals surface area contributed by atoms with Crippen LogP contribution in [0.4, 0.5) is 0 Å². The van der Waals surface area contributed by atoms with Crippen molar-refractivity contribution < 1.29 is 9.84 Å². The van der Waals surface area contributed by atoms with Gasteiger partial charge in [0, 0.05) is 24.7 Å². The maximum Gasteiger partial charge on any atom is 0.162 e. The smallest absolute Gasteiger partial charge is 0.162 e. The van der Waals surface area contributed by atoms with E-state index in [4.69, 9.17) is 4.74 Å². The summed E-state index contributed by atoms with van der Waals surface area (Å²) in [7, 11) is 1.60. The Labute approximate surface area is 120 Å². The normalized spacial score (nSPS) is 24.4. The fourth-order valence-electron chi connectivity index (χ4n) is 3.53. The first kappa shape index (κ1) is 13.7. The van der Waals surface area contributed by atoms with Gasteiger partial charge >= 0.3 is 0 Å². The van der Waals surface area contributed by atoms with Crippen LogP contribution in [0.15, 0.2) is 18.2 Å². The van der Waals surface area contributed by atoms with Gasteiger partial charge in [0.2, 0.25) is 0 Å². The predicted molar refractivity (Wildman–Crippen MR) is 79.1 cm³/mol. The van der Waals surface area contributed by atoms with Gasteiger partial charge in [-0.15, -0.1) is 0 Å². The minimum Gasteiger partial charge on any atom is -0.504 e. The molecule has 0 aliphatic carbocycles. The van der Waals surface area contributed by atoms with Crippen molar-refractivity contribution in [2.75, 3.05) is 33.3 Å². The number of rotatable bonds is 3. The minimum atomic E-state index is 0.294. The highest BCUT2D eigenvalue weighted by Crippen LogP contribution is 2.31. The maximum atomic E-state index is 10.2. The molecule has 2 saturated heterocycles. The van der Waals surface area contributed by atoms with Crippen LogP contribution in [0, 0.1) is 0 Å². The summed E-state index contributed by atoms with van der Waals surface area (Å²) in [6.07, 6.45) is 3.88. The van der Waals surface area contributed by atoms with E-state index >= 15 is 0 Å². The van der Waals surface area contributed by atoms with E-state index in [2.05, 4.69) is 9.80 Å². The Morgan fingerprint density at radius 3 is 2.95 bits per heavy atom. The molecule has 0 aromatic heterocycles. The molecule has 1 unspecified atom stereocenters. The van der Waals surface area contributed by atoms with Crippen LogP contribution in [0.2, 0.25) is 0 Å². The topological polar surface area (TPSA) is 35.9 Å². The lowest BCUT2D eigenvalue weighted by Gasteiger charge is -2.26. The lowest BCUT2D eigenvalue weighted by molar-refractivity contribution is 0.213. The van der Waals surface area contributed by atoms with E-state index in [0.29, 0.717) is 17.5 Å². The number of fused-ring (bicyclic) bond motifs is 1. The zero-order valence-corrected chi connectivity index (χ0v) is 12.2. The van der Waals surface area contributed by atoms with Gasteiger partial charge in [-0.3, -0.25) is 9.80 Å². The van der Waals surface area contributed by atoms with Gasteiger partial charge in [0.1, 0.15) is 0 Å². The first-order valence-corrected chi connectivity index (χ1v) is 7.59. The second-order valence-corrected chi connectivity index (χ2v) is 5.89. The third-order valence-corrected chi connectivity index (χ3v) is 4.58. The van der Waals surface area contributed by atoms with Crippen molar-refractivity contribution in [3.63, 3.8) is 0 Å². The summed E-state index contributed by atoms with van der Waals surface area (Å²) in [5.41, 5.74) is 0.968. The molecule has 2 fully saturated rings. The van der Waals surface area contributed by atoms with Crippen molar-refractivity contribution in [2.45, 2.75) is 31.8 Å². The number of nitrogens with zero attached hydrogens (tertiary/aromatic N) is 2. The van der Waals surface area contributed by atoms with Crippen LogP contribution in [0.25, 0.3) is 0 Å². The molecule has 0 radical (unpaired) electrons. The molecule has 2 heterocycles. The molecule has 1 atom stereocenters. The lowest BCUT2D eigenvalue weighted by atomic mass is 10.1. The molecule has 4 heteroatoms. The van der Waals surface area contributed by atoms with Crippen molar-refractivity contribution in [1.82, 2.24) is 9.80 Å². The Kier molecular flexibility index (Phi) is 4.13. The van der Waals surface area contributed by atoms with Crippen LogP contribution in [0.3, 0.4) is 0 Å². The summed E-state index contributed by atoms with van der Waals surface area (Å²) < 4.78 is 5.19. The van der Waals surface area contributed by atoms with Gasteiger partial charge in [-0.1, -0.05) is 12.1 Å². The molecule has 0 bridgehead atoms. The first-order valence-electron chi connectivity index (χ1n) is 7.59. The molecular weight excluding hydrogens is 252 g/mol. The van der Waals surface area contributed by atoms with Crippen molar-refractivity contribution in [3.8, 4) is 11.5 Å². The van der Waals surface area contributed by atoms with Gasteiger partial charge in [0.15, 0.2) is 11.5 Å². The second kappa shape index (κ2) is 6.02. The van der Waals surface area contributed by atoms with E-state index in [0.717, 1.165) is 25.2 Å². The summed E-state index contributed by atoms with van der Waals surface area (Å²) in [5.74, 6) is 0.863. The zero-order chi connectivity index (χ0) is 13.9. The van der Waals surface area contributed by atoms with Crippen LogP contribution >= 0.6 is 0 Å². The van der Waals surface area contributed by atoms with Crippen molar-refractivity contribution in [1.29, 1.82) is 0 Å². The summed E-state index contributed by atoms with van der Waals surface area (Å²) in [6, 6.07) is 6.47. The molecule has 1 N–H and O–H groups in total. The summed E-state index contributed by atoms with van der Waals surface area (Å²) in [5, 5.41) is 10.2. The van der Waals surface area contributed by atoms with Gasteiger partial charge in [-0.25, -0.2) is 0 Å². The van der Waals surface area contributed by atoms with Crippen molar-refractivity contribution >= 4 is 0 Å². The first-order chi connectivity index (χ1) is 9.78. The Morgan fingerprint density at radius 1 is 1.25 bits per heavy atom. The SMILES string of the molecule is COc1cccc(CN2CCCN3CCCC3C2)c1O. The number of phenols is 1. The molecule has 110 valence electrons. The fourth-order valence-corrected chi connectivity index (χ4v) is 3.53. The number of methoxy groups -OCH3 is 1. The Bertz CT molecular complexity index is 464. The fraction of sp³-hybridized carbons (Fsp3) is 0.625. The number of ether oxygens (including phenoxy) is 1. The van der Waals surface area contributed by atoms with Crippen LogP contribution < -0.4 is 4.74 Å². The quantitative estimate of drug-likeness (QED) is 0.917. The van der Waals surface area contributed by atoms with Gasteiger partial charge in [-0.2, -0.15) is 0 Å². The number of hydrogen-bond donors (Lipinski definition) is 1. The highest BCUT2D eigenvalue weighted by Gasteiger charge is 2.28. The molecule has 4 nitrogen and oxygen atoms in total. The van der Waals surface area contributed by atoms with Crippen LogP contribution in [0.1, 0.15) is 24.8 Å². The molecule has 1 aromatic rings. The molecule has 0 saturated carbocycles. The predicted octanol–water partition coefficient (Wildman–Crippen LogP) is 2.07. The summed E-state index contributed by atoms with van der Waals surface area (Å²) >= 11 is 0. The van der Waals surface area contributed by atoms with E-state index in [9.17, 15) is 5.11 Å². The van der Waals surface area contributed by atoms with E-state index in [1.165, 1.54) is 32.4 Å². The molecule has 2 aliphatic heterocycles. The Balaban J connectivity index is 1.70. The van der Waals surface area contributed by atoms with Gasteiger partial charge in [0.25, 0.3) is 0 Å². The van der Waals surface area contributed by atoms with Crippen LogP contribution in [0.5, 0.6) is 11.5 Å². The van der Waals surface area contributed by atoms with E-state index in [1.807, 2.05) is 12.1 Å². The highest BCUT2D eigenvalue weighted by molar-refractivity contribution is 5.45. The monoisotopic (exact) mass is 276 g/mol. The summed E-state index contributed by atoms with van der Waals surface area (Å²) in [6.45, 7) is 5.54. The molecule has 0 amide bonds.